The summed E-state index contributed by atoms with van der Waals surface area (Å²) in [4.78, 5) is 37.8. The first-order valence-corrected chi connectivity index (χ1v) is 29.0. The molecule has 2 atom stereocenters. The van der Waals surface area contributed by atoms with Crippen LogP contribution in [-0.2, 0) is 32.7 Å². The van der Waals surface area contributed by atoms with Crippen LogP contribution in [0.2, 0.25) is 0 Å². The number of carbonyl (C=O) groups excluding carboxylic acids is 2. The lowest BCUT2D eigenvalue weighted by molar-refractivity contribution is -0.870. The van der Waals surface area contributed by atoms with Crippen molar-refractivity contribution in [2.45, 2.75) is 187 Å². The van der Waals surface area contributed by atoms with Crippen LogP contribution in [0.1, 0.15) is 181 Å². The summed E-state index contributed by atoms with van der Waals surface area (Å²) in [5.41, 5.74) is 0. The van der Waals surface area contributed by atoms with E-state index in [1.807, 2.05) is 27.2 Å². The number of hydrogen-bond acceptors (Lipinski definition) is 8. The highest BCUT2D eigenvalue weighted by Crippen LogP contribution is 2.38. The van der Waals surface area contributed by atoms with Gasteiger partial charge in [-0.1, -0.05) is 205 Å². The van der Waals surface area contributed by atoms with Gasteiger partial charge >= 0.3 is 11.9 Å². The van der Waals surface area contributed by atoms with Crippen LogP contribution in [0.4, 0.5) is 0 Å². The van der Waals surface area contributed by atoms with Gasteiger partial charge in [-0.25, -0.2) is 0 Å². The summed E-state index contributed by atoms with van der Waals surface area (Å²) in [6, 6.07) is 0. The van der Waals surface area contributed by atoms with Gasteiger partial charge < -0.3 is 27.9 Å². The number of phosphoric ester groups is 1. The Balaban J connectivity index is 4.36. The molecule has 0 aliphatic carbocycles. The zero-order chi connectivity index (χ0) is 52.7. The molecule has 72 heavy (non-hydrogen) atoms. The summed E-state index contributed by atoms with van der Waals surface area (Å²) in [5, 5.41) is 0. The molecule has 0 aromatic rings. The third-order valence-electron chi connectivity index (χ3n) is 10.9. The van der Waals surface area contributed by atoms with Gasteiger partial charge in [0.25, 0.3) is 7.82 Å². The number of allylic oxidation sites excluding steroid dienone is 24. The summed E-state index contributed by atoms with van der Waals surface area (Å²) in [6.45, 7) is 3.91. The van der Waals surface area contributed by atoms with Crippen LogP contribution in [-0.4, -0.2) is 70.0 Å². The molecule has 0 radical (unpaired) electrons. The number of likely N-dealkylation sites (N-methyl/N-ethyl adjacent to an activating group) is 1. The van der Waals surface area contributed by atoms with Gasteiger partial charge in [0.15, 0.2) is 6.10 Å². The maximum Gasteiger partial charge on any atom is 0.306 e. The topological polar surface area (TPSA) is 111 Å². The predicted octanol–water partition coefficient (Wildman–Crippen LogP) is 16.5. The summed E-state index contributed by atoms with van der Waals surface area (Å²) in [6.07, 6.45) is 76.0. The highest BCUT2D eigenvalue weighted by Gasteiger charge is 2.21. The first-order valence-electron chi connectivity index (χ1n) is 27.5. The maximum absolute atomic E-state index is 12.8. The largest absolute Gasteiger partial charge is 0.756 e. The Morgan fingerprint density at radius 2 is 0.764 bits per heavy atom. The predicted molar refractivity (Wildman–Crippen MR) is 304 cm³/mol. The Labute approximate surface area is 440 Å². The third kappa shape index (κ3) is 55.2. The van der Waals surface area contributed by atoms with E-state index in [0.717, 1.165) is 103 Å². The van der Waals surface area contributed by atoms with Crippen LogP contribution < -0.4 is 4.89 Å². The molecule has 0 saturated heterocycles. The highest BCUT2D eigenvalue weighted by atomic mass is 31.2. The lowest BCUT2D eigenvalue weighted by atomic mass is 10.1. The first kappa shape index (κ1) is 67.9. The van der Waals surface area contributed by atoms with E-state index in [4.69, 9.17) is 18.5 Å². The van der Waals surface area contributed by atoms with Crippen LogP contribution in [0, 0.1) is 0 Å². The minimum Gasteiger partial charge on any atom is -0.756 e. The van der Waals surface area contributed by atoms with E-state index < -0.39 is 32.5 Å². The quantitative estimate of drug-likeness (QED) is 0.0195. The van der Waals surface area contributed by atoms with Crippen LogP contribution in [0.5, 0.6) is 0 Å². The molecule has 0 aromatic heterocycles. The van der Waals surface area contributed by atoms with Crippen molar-refractivity contribution in [3.05, 3.63) is 146 Å². The minimum absolute atomic E-state index is 0.0518. The van der Waals surface area contributed by atoms with Crippen molar-refractivity contribution in [1.82, 2.24) is 0 Å². The van der Waals surface area contributed by atoms with E-state index in [2.05, 4.69) is 154 Å². The molecule has 0 aliphatic rings. The second-order valence-corrected chi connectivity index (χ2v) is 20.2. The van der Waals surface area contributed by atoms with Gasteiger partial charge in [0, 0.05) is 12.8 Å². The Morgan fingerprint density at radius 1 is 0.431 bits per heavy atom. The fourth-order valence-corrected chi connectivity index (χ4v) is 7.40. The average Bonchev–Trinajstić information content (AvgIpc) is 3.34. The van der Waals surface area contributed by atoms with E-state index in [9.17, 15) is 19.0 Å². The number of ether oxygens (including phenoxy) is 2. The number of esters is 2. The molecule has 10 heteroatoms. The summed E-state index contributed by atoms with van der Waals surface area (Å²) in [7, 11) is 1.10. The summed E-state index contributed by atoms with van der Waals surface area (Å²) >= 11 is 0. The van der Waals surface area contributed by atoms with Crippen LogP contribution >= 0.6 is 7.82 Å². The first-order chi connectivity index (χ1) is 35.0. The van der Waals surface area contributed by atoms with Gasteiger partial charge in [0.2, 0.25) is 0 Å². The number of nitrogens with zero attached hydrogens (tertiary/aromatic N) is 1. The van der Waals surface area contributed by atoms with Crippen molar-refractivity contribution in [2.75, 3.05) is 47.5 Å². The molecule has 0 spiro atoms. The number of carbonyl (C=O) groups is 2. The van der Waals surface area contributed by atoms with Crippen molar-refractivity contribution >= 4 is 19.8 Å². The Bertz CT molecular complexity index is 1720. The van der Waals surface area contributed by atoms with Crippen molar-refractivity contribution in [3.8, 4) is 0 Å². The number of phosphoric acid groups is 1. The molecule has 0 rings (SSSR count). The molecule has 0 saturated carbocycles. The van der Waals surface area contributed by atoms with Crippen molar-refractivity contribution in [1.29, 1.82) is 0 Å². The normalized spacial score (nSPS) is 14.5. The SMILES string of the molecule is CC/C=C\C/C=C\C/C=C\C/C=C\C/C=C\C/C=C\C/C=C\CCCC(=O)OC(COC(=O)CCCCCCCCCCC/C=C\C/C=C\C/C=C\C/C=C\C/C=C\CC)COP(=O)([O-])OCC[N+](C)(C)C. The van der Waals surface area contributed by atoms with Gasteiger partial charge in [-0.15, -0.1) is 0 Å². The van der Waals surface area contributed by atoms with E-state index in [1.54, 1.807) is 0 Å². The van der Waals surface area contributed by atoms with E-state index in [1.165, 1.54) is 32.1 Å². The summed E-state index contributed by atoms with van der Waals surface area (Å²) < 4.78 is 34.0. The molecule has 2 unspecified atom stereocenters. The zero-order valence-corrected chi connectivity index (χ0v) is 46.7. The molecule has 0 aliphatic heterocycles. The van der Waals surface area contributed by atoms with Gasteiger partial charge in [-0.3, -0.25) is 14.2 Å². The fourth-order valence-electron chi connectivity index (χ4n) is 6.67. The van der Waals surface area contributed by atoms with Crippen molar-refractivity contribution < 1.29 is 42.1 Å². The minimum atomic E-state index is -4.66. The van der Waals surface area contributed by atoms with Gasteiger partial charge in [-0.05, 0) is 109 Å². The lowest BCUT2D eigenvalue weighted by Crippen LogP contribution is -2.37. The molecular weight excluding hydrogens is 918 g/mol. The molecule has 0 aromatic carbocycles. The fraction of sp³-hybridized carbons (Fsp3) is 0.581. The molecular formula is C62H100NO8P. The van der Waals surface area contributed by atoms with Gasteiger partial charge in [-0.2, -0.15) is 0 Å². The number of rotatable bonds is 48. The van der Waals surface area contributed by atoms with Crippen molar-refractivity contribution in [3.63, 3.8) is 0 Å². The number of hydrogen-bond donors (Lipinski definition) is 0. The Hall–Kier alpha value is -4.11. The summed E-state index contributed by atoms with van der Waals surface area (Å²) in [5.74, 6) is -0.924. The standard InChI is InChI=1S/C62H100NO8P/c1-6-8-10-12-14-16-18-20-22-24-26-28-30-31-33-34-36-38-40-42-44-46-48-50-52-54-61(64)68-58-60(59-70-72(66,67)69-57-56-63(3,4)5)71-62(65)55-53-51-49-47-45-43-41-39-37-35-32-29-27-25-23-21-19-17-15-13-11-9-7-2/h8-11,14-17,20-23,26-29,31,33,35,37,41,43,47,49,60H,6-7,12-13,18-19,24-25,30,32,34,36,38-40,42,44-46,48,50-59H2,1-5H3/b10-8-,11-9-,16-14-,17-15-,22-20-,23-21-,28-26-,29-27-,33-31-,37-35-,43-41-,49-47-. The lowest BCUT2D eigenvalue weighted by Gasteiger charge is -2.28. The monoisotopic (exact) mass is 1020 g/mol. The van der Waals surface area contributed by atoms with Gasteiger partial charge in [0.05, 0.1) is 27.7 Å². The molecule has 0 bridgehead atoms. The molecule has 0 N–H and O–H groups in total. The van der Waals surface area contributed by atoms with E-state index in [-0.39, 0.29) is 26.1 Å². The number of quaternary nitrogens is 1. The highest BCUT2D eigenvalue weighted by molar-refractivity contribution is 7.45. The third-order valence-corrected chi connectivity index (χ3v) is 11.8. The molecule has 0 amide bonds. The van der Waals surface area contributed by atoms with Gasteiger partial charge in [0.1, 0.15) is 19.8 Å². The maximum atomic E-state index is 12.8. The zero-order valence-electron chi connectivity index (χ0n) is 45.8. The van der Waals surface area contributed by atoms with Crippen molar-refractivity contribution in [2.24, 2.45) is 0 Å². The Kier molecular flexibility index (Phi) is 48.8. The Morgan fingerprint density at radius 3 is 1.15 bits per heavy atom. The van der Waals surface area contributed by atoms with Crippen LogP contribution in [0.25, 0.3) is 0 Å². The second-order valence-electron chi connectivity index (χ2n) is 18.8. The van der Waals surface area contributed by atoms with Crippen LogP contribution in [0.3, 0.4) is 0 Å². The molecule has 9 nitrogen and oxygen atoms in total. The molecule has 406 valence electrons. The molecule has 0 fully saturated rings. The van der Waals surface area contributed by atoms with E-state index >= 15 is 0 Å². The van der Waals surface area contributed by atoms with E-state index in [0.29, 0.717) is 30.3 Å². The van der Waals surface area contributed by atoms with Crippen LogP contribution in [0.15, 0.2) is 146 Å². The number of unbranched alkanes of at least 4 members (excludes halogenated alkanes) is 10. The second kappa shape index (κ2) is 51.8. The smallest absolute Gasteiger partial charge is 0.306 e. The molecule has 0 heterocycles. The average molecular weight is 1020 g/mol.